The fourth-order valence-electron chi connectivity index (χ4n) is 3.79. The van der Waals surface area contributed by atoms with Gasteiger partial charge in [0.15, 0.2) is 0 Å². The summed E-state index contributed by atoms with van der Waals surface area (Å²) in [6, 6.07) is 8.45. The summed E-state index contributed by atoms with van der Waals surface area (Å²) in [5.41, 5.74) is -0.588. The van der Waals surface area contributed by atoms with Crippen LogP contribution in [0.5, 0.6) is 11.5 Å². The van der Waals surface area contributed by atoms with E-state index in [0.717, 1.165) is 12.1 Å². The lowest BCUT2D eigenvalue weighted by Gasteiger charge is -2.32. The van der Waals surface area contributed by atoms with E-state index < -0.39 is 27.7 Å². The second-order valence-corrected chi connectivity index (χ2v) is 10.2. The van der Waals surface area contributed by atoms with Gasteiger partial charge < -0.3 is 19.9 Å². The smallest absolute Gasteiger partial charge is 0.492 e. The Labute approximate surface area is 201 Å². The van der Waals surface area contributed by atoms with Crippen LogP contribution in [0.2, 0.25) is 0 Å². The van der Waals surface area contributed by atoms with Crippen molar-refractivity contribution in [1.29, 1.82) is 0 Å². The third kappa shape index (κ3) is 7.49. The van der Waals surface area contributed by atoms with Gasteiger partial charge >= 0.3 is 6.36 Å². The molecule has 0 saturated heterocycles. The largest absolute Gasteiger partial charge is 0.573 e. The molecule has 0 spiro atoms. The average Bonchev–Trinajstić information content (AvgIpc) is 2.72. The number of aliphatic hydroxyl groups is 1. The first-order valence-electron chi connectivity index (χ1n) is 11.0. The molecule has 0 aliphatic heterocycles. The second kappa shape index (κ2) is 10.3. The zero-order chi connectivity index (χ0) is 25.9. The van der Waals surface area contributed by atoms with E-state index in [-0.39, 0.29) is 34.8 Å². The molecule has 192 valence electrons. The maximum absolute atomic E-state index is 13.0. The molecule has 35 heavy (non-hydrogen) atoms. The van der Waals surface area contributed by atoms with Gasteiger partial charge in [-0.3, -0.25) is 9.52 Å². The van der Waals surface area contributed by atoms with Gasteiger partial charge in [-0.05, 0) is 63.8 Å². The number of carbonyl (C=O) groups excluding carboxylic acids is 1. The maximum atomic E-state index is 13.0. The molecule has 0 bridgehead atoms. The topological polar surface area (TPSA) is 114 Å². The number of carbonyl (C=O) groups is 1. The number of amides is 1. The van der Waals surface area contributed by atoms with Gasteiger partial charge in [-0.25, -0.2) is 8.42 Å². The molecule has 0 heterocycles. The fourth-order valence-corrected chi connectivity index (χ4v) is 4.97. The lowest BCUT2D eigenvalue weighted by atomic mass is 9.79. The molecule has 3 N–H and O–H groups in total. The van der Waals surface area contributed by atoms with Gasteiger partial charge in [-0.2, -0.15) is 0 Å². The molecule has 2 aromatic carbocycles. The van der Waals surface area contributed by atoms with Crippen molar-refractivity contribution in [2.45, 2.75) is 56.4 Å². The zero-order valence-corrected chi connectivity index (χ0v) is 20.0. The molecule has 0 aromatic heterocycles. The summed E-state index contributed by atoms with van der Waals surface area (Å²) in [5, 5.41) is 12.8. The number of rotatable bonds is 8. The second-order valence-electron chi connectivity index (χ2n) is 8.54. The zero-order valence-electron chi connectivity index (χ0n) is 19.2. The molecule has 2 aromatic rings. The van der Waals surface area contributed by atoms with Gasteiger partial charge in [-0.1, -0.05) is 6.07 Å². The normalized spacial score (nSPS) is 20.7. The van der Waals surface area contributed by atoms with Crippen molar-refractivity contribution < 1.29 is 41.0 Å². The molecule has 1 aliphatic carbocycles. The van der Waals surface area contributed by atoms with Crippen LogP contribution in [0.4, 0.5) is 24.5 Å². The Morgan fingerprint density at radius 3 is 2.46 bits per heavy atom. The van der Waals surface area contributed by atoms with E-state index in [0.29, 0.717) is 31.4 Å². The van der Waals surface area contributed by atoms with Crippen molar-refractivity contribution in [3.05, 3.63) is 42.5 Å². The van der Waals surface area contributed by atoms with E-state index in [9.17, 15) is 31.5 Å². The highest BCUT2D eigenvalue weighted by Crippen LogP contribution is 2.34. The van der Waals surface area contributed by atoms with Crippen LogP contribution < -0.4 is 19.5 Å². The lowest BCUT2D eigenvalue weighted by molar-refractivity contribution is -0.274. The van der Waals surface area contributed by atoms with Crippen LogP contribution in [-0.2, 0) is 14.8 Å². The highest BCUT2D eigenvalue weighted by molar-refractivity contribution is 7.92. The number of benzene rings is 2. The number of sulfonamides is 1. The summed E-state index contributed by atoms with van der Waals surface area (Å²) in [4.78, 5) is 12.4. The number of anilines is 2. The number of ether oxygens (including phenoxy) is 2. The molecule has 1 aliphatic rings. The summed E-state index contributed by atoms with van der Waals surface area (Å²) in [5.74, 6) is -1.13. The number of halogens is 3. The first-order chi connectivity index (χ1) is 16.3. The maximum Gasteiger partial charge on any atom is 0.573 e. The highest BCUT2D eigenvalue weighted by atomic mass is 32.2. The van der Waals surface area contributed by atoms with Crippen molar-refractivity contribution in [3.63, 3.8) is 0 Å². The Morgan fingerprint density at radius 2 is 1.83 bits per heavy atom. The van der Waals surface area contributed by atoms with Crippen LogP contribution in [0.15, 0.2) is 47.4 Å². The van der Waals surface area contributed by atoms with Crippen LogP contribution in [0.25, 0.3) is 0 Å². The van der Waals surface area contributed by atoms with Gasteiger partial charge in [0.25, 0.3) is 10.0 Å². The first-order valence-corrected chi connectivity index (χ1v) is 12.4. The molecule has 0 radical (unpaired) electrons. The molecular weight excluding hydrogens is 489 g/mol. The predicted octanol–water partition coefficient (Wildman–Crippen LogP) is 4.66. The standard InChI is InChI=1S/C23H27F3N2O6S/c1-3-33-19-14-16(27-21(29)15-9-11-22(2,30)12-10-15)7-8-20(19)35(31,32)28-17-5-4-6-18(13-17)34-23(24,25)26/h4-8,13-15,28,30H,3,9-12H2,1-2H3,(H,27,29)/t15-,22+. The summed E-state index contributed by atoms with van der Waals surface area (Å²) in [7, 11) is -4.26. The SMILES string of the molecule is CCOc1cc(NC(=O)[C@H]2CC[C@@](C)(O)CC2)ccc1S(=O)(=O)Nc1cccc(OC(F)(F)F)c1. The molecule has 0 unspecified atom stereocenters. The fraction of sp³-hybridized carbons (Fsp3) is 0.435. The molecule has 8 nitrogen and oxygen atoms in total. The summed E-state index contributed by atoms with van der Waals surface area (Å²) in [6.45, 7) is 3.52. The Morgan fingerprint density at radius 1 is 1.14 bits per heavy atom. The van der Waals surface area contributed by atoms with Gasteiger partial charge in [0.05, 0.1) is 17.9 Å². The van der Waals surface area contributed by atoms with E-state index in [2.05, 4.69) is 14.8 Å². The van der Waals surface area contributed by atoms with Crippen LogP contribution >= 0.6 is 0 Å². The number of hydrogen-bond donors (Lipinski definition) is 3. The molecule has 3 rings (SSSR count). The monoisotopic (exact) mass is 516 g/mol. The van der Waals surface area contributed by atoms with Gasteiger partial charge in [0.2, 0.25) is 5.91 Å². The Bertz CT molecular complexity index is 1160. The molecule has 0 atom stereocenters. The van der Waals surface area contributed by atoms with E-state index in [4.69, 9.17) is 4.74 Å². The molecule has 1 amide bonds. The van der Waals surface area contributed by atoms with Crippen LogP contribution in [-0.4, -0.2) is 38.0 Å². The minimum atomic E-state index is -4.92. The van der Waals surface area contributed by atoms with Crippen LogP contribution in [0.3, 0.4) is 0 Å². The number of nitrogens with one attached hydrogen (secondary N) is 2. The average molecular weight is 517 g/mol. The Kier molecular flexibility index (Phi) is 7.85. The minimum Gasteiger partial charge on any atom is -0.492 e. The van der Waals surface area contributed by atoms with E-state index in [1.165, 1.54) is 30.3 Å². The number of hydrogen-bond acceptors (Lipinski definition) is 6. The van der Waals surface area contributed by atoms with Crippen molar-refractivity contribution in [2.24, 2.45) is 5.92 Å². The summed E-state index contributed by atoms with van der Waals surface area (Å²) < 4.78 is 74.9. The quantitative estimate of drug-likeness (QED) is 0.470. The van der Waals surface area contributed by atoms with Crippen molar-refractivity contribution in [3.8, 4) is 11.5 Å². The highest BCUT2D eigenvalue weighted by Gasteiger charge is 2.33. The number of alkyl halides is 3. The molecule has 1 saturated carbocycles. The molecule has 1 fully saturated rings. The van der Waals surface area contributed by atoms with Gasteiger partial charge in [0, 0.05) is 23.7 Å². The molecular formula is C23H27F3N2O6S. The van der Waals surface area contributed by atoms with Gasteiger partial charge in [0.1, 0.15) is 16.4 Å². The predicted molar refractivity (Wildman–Crippen MR) is 123 cm³/mol. The van der Waals surface area contributed by atoms with Crippen LogP contribution in [0, 0.1) is 5.92 Å². The van der Waals surface area contributed by atoms with E-state index in [1.54, 1.807) is 13.8 Å². The van der Waals surface area contributed by atoms with E-state index >= 15 is 0 Å². The minimum absolute atomic E-state index is 0.0351. The summed E-state index contributed by atoms with van der Waals surface area (Å²) in [6.07, 6.45) is -2.84. The van der Waals surface area contributed by atoms with E-state index in [1.807, 2.05) is 0 Å². The van der Waals surface area contributed by atoms with Gasteiger partial charge in [-0.15, -0.1) is 13.2 Å². The lowest BCUT2D eigenvalue weighted by Crippen LogP contribution is -2.35. The Balaban J connectivity index is 1.78. The third-order valence-corrected chi connectivity index (χ3v) is 6.97. The molecule has 12 heteroatoms. The van der Waals surface area contributed by atoms with Crippen molar-refractivity contribution >= 4 is 27.3 Å². The Hall–Kier alpha value is -2.99. The van der Waals surface area contributed by atoms with Crippen molar-refractivity contribution in [1.82, 2.24) is 0 Å². The first kappa shape index (κ1) is 26.6. The van der Waals surface area contributed by atoms with Crippen LogP contribution in [0.1, 0.15) is 39.5 Å². The third-order valence-electron chi connectivity index (χ3n) is 5.55. The summed E-state index contributed by atoms with van der Waals surface area (Å²) >= 11 is 0. The van der Waals surface area contributed by atoms with Crippen molar-refractivity contribution in [2.75, 3.05) is 16.6 Å².